The number of rotatable bonds is 6. The SMILES string of the molecule is C=C(C)C(CC)CC[C@@H](C)[C@H]1CC[C@H]2C3=CCC4CCCC(O)[C@]4(C)[C@H]3CC[C@]12C. The molecule has 0 aliphatic heterocycles. The van der Waals surface area contributed by atoms with Gasteiger partial charge in [-0.25, -0.2) is 0 Å². The van der Waals surface area contributed by atoms with Crippen molar-refractivity contribution in [2.45, 2.75) is 111 Å². The normalized spacial score (nSPS) is 45.0. The van der Waals surface area contributed by atoms with Gasteiger partial charge in [0, 0.05) is 5.41 Å². The van der Waals surface area contributed by atoms with Crippen molar-refractivity contribution in [3.63, 3.8) is 0 Å². The molecular weight excluding hydrogens is 364 g/mol. The zero-order chi connectivity index (χ0) is 21.7. The van der Waals surface area contributed by atoms with Gasteiger partial charge in [0.25, 0.3) is 0 Å². The second kappa shape index (κ2) is 8.42. The first-order chi connectivity index (χ1) is 14.2. The summed E-state index contributed by atoms with van der Waals surface area (Å²) in [5.74, 6) is 4.53. The highest BCUT2D eigenvalue weighted by molar-refractivity contribution is 5.28. The highest BCUT2D eigenvalue weighted by atomic mass is 16.3. The minimum atomic E-state index is -0.0847. The van der Waals surface area contributed by atoms with Gasteiger partial charge in [-0.2, -0.15) is 0 Å². The van der Waals surface area contributed by atoms with E-state index in [0.717, 1.165) is 24.2 Å². The molecule has 0 aromatic rings. The van der Waals surface area contributed by atoms with E-state index < -0.39 is 0 Å². The molecule has 4 aliphatic carbocycles. The summed E-state index contributed by atoms with van der Waals surface area (Å²) in [7, 11) is 0. The standard InChI is InChI=1S/C29H48O/c1-7-21(19(2)3)12-11-20(4)24-15-16-25-23-14-13-22-9-8-10-27(30)29(22,6)26(23)17-18-28(24,25)5/h14,20-22,24-27,30H,2,7-13,15-18H2,1,3-6H3/t20-,21?,22?,24-,25+,26+,27?,28-,29+/m1/s1. The van der Waals surface area contributed by atoms with E-state index in [1.54, 1.807) is 5.57 Å². The van der Waals surface area contributed by atoms with E-state index in [1.807, 2.05) is 0 Å². The van der Waals surface area contributed by atoms with Crippen molar-refractivity contribution < 1.29 is 5.11 Å². The Morgan fingerprint density at radius 1 is 1.13 bits per heavy atom. The molecule has 9 atom stereocenters. The summed E-state index contributed by atoms with van der Waals surface area (Å²) in [5, 5.41) is 11.1. The highest BCUT2D eigenvalue weighted by Crippen LogP contribution is 2.67. The van der Waals surface area contributed by atoms with Crippen LogP contribution in [0.1, 0.15) is 105 Å². The summed E-state index contributed by atoms with van der Waals surface area (Å²) < 4.78 is 0. The largest absolute Gasteiger partial charge is 0.393 e. The lowest BCUT2D eigenvalue weighted by atomic mass is 9.47. The van der Waals surface area contributed by atoms with Crippen LogP contribution >= 0.6 is 0 Å². The molecule has 4 rings (SSSR count). The van der Waals surface area contributed by atoms with E-state index in [-0.39, 0.29) is 11.5 Å². The fourth-order valence-corrected chi connectivity index (χ4v) is 9.01. The highest BCUT2D eigenvalue weighted by Gasteiger charge is 2.59. The molecule has 1 N–H and O–H groups in total. The minimum absolute atomic E-state index is 0.0847. The lowest BCUT2D eigenvalue weighted by molar-refractivity contribution is -0.0959. The molecule has 1 nitrogen and oxygen atoms in total. The van der Waals surface area contributed by atoms with Gasteiger partial charge >= 0.3 is 0 Å². The Hall–Kier alpha value is -0.560. The van der Waals surface area contributed by atoms with Gasteiger partial charge in [-0.15, -0.1) is 0 Å². The predicted octanol–water partition coefficient (Wildman–Crippen LogP) is 7.94. The van der Waals surface area contributed by atoms with E-state index in [1.165, 1.54) is 69.8 Å². The molecule has 0 radical (unpaired) electrons. The maximum absolute atomic E-state index is 11.1. The Morgan fingerprint density at radius 3 is 2.60 bits per heavy atom. The van der Waals surface area contributed by atoms with E-state index in [9.17, 15) is 5.11 Å². The average Bonchev–Trinajstić information content (AvgIpc) is 3.06. The number of hydrogen-bond acceptors (Lipinski definition) is 1. The second-order valence-corrected chi connectivity index (χ2v) is 12.3. The van der Waals surface area contributed by atoms with Crippen molar-refractivity contribution in [3.05, 3.63) is 23.8 Å². The first-order valence-corrected chi connectivity index (χ1v) is 13.3. The van der Waals surface area contributed by atoms with Crippen molar-refractivity contribution in [2.75, 3.05) is 0 Å². The van der Waals surface area contributed by atoms with Crippen LogP contribution in [0.25, 0.3) is 0 Å². The van der Waals surface area contributed by atoms with Gasteiger partial charge in [-0.3, -0.25) is 0 Å². The molecule has 0 heterocycles. The Kier molecular flexibility index (Phi) is 6.35. The Balaban J connectivity index is 1.51. The summed E-state index contributed by atoms with van der Waals surface area (Å²) >= 11 is 0. The molecule has 0 spiro atoms. The van der Waals surface area contributed by atoms with Crippen molar-refractivity contribution in [1.82, 2.24) is 0 Å². The minimum Gasteiger partial charge on any atom is -0.393 e. The van der Waals surface area contributed by atoms with E-state index >= 15 is 0 Å². The van der Waals surface area contributed by atoms with Crippen molar-refractivity contribution in [3.8, 4) is 0 Å². The Morgan fingerprint density at radius 2 is 1.90 bits per heavy atom. The molecule has 0 aromatic carbocycles. The molecular formula is C29H48O. The zero-order valence-corrected chi connectivity index (χ0v) is 20.6. The van der Waals surface area contributed by atoms with Gasteiger partial charge in [-0.1, -0.05) is 57.9 Å². The summed E-state index contributed by atoms with van der Waals surface area (Å²) in [4.78, 5) is 0. The van der Waals surface area contributed by atoms with E-state index in [0.29, 0.717) is 23.2 Å². The first kappa shape index (κ1) is 22.6. The quantitative estimate of drug-likeness (QED) is 0.439. The molecule has 3 fully saturated rings. The smallest absolute Gasteiger partial charge is 0.0602 e. The Labute approximate surface area is 186 Å². The average molecular weight is 413 g/mol. The second-order valence-electron chi connectivity index (χ2n) is 12.3. The molecule has 170 valence electrons. The lowest BCUT2D eigenvalue weighted by Crippen LogP contribution is -2.54. The summed E-state index contributed by atoms with van der Waals surface area (Å²) in [5.41, 5.74) is 3.78. The fraction of sp³-hybridized carbons (Fsp3) is 0.862. The molecule has 0 saturated heterocycles. The number of aliphatic hydroxyl groups excluding tert-OH is 1. The first-order valence-electron chi connectivity index (χ1n) is 13.3. The fourth-order valence-electron chi connectivity index (χ4n) is 9.01. The third-order valence-corrected chi connectivity index (χ3v) is 11.0. The maximum atomic E-state index is 11.1. The molecule has 4 aliphatic rings. The van der Waals surface area contributed by atoms with Crippen LogP contribution in [0.4, 0.5) is 0 Å². The van der Waals surface area contributed by atoms with Gasteiger partial charge in [0.1, 0.15) is 0 Å². The monoisotopic (exact) mass is 412 g/mol. The lowest BCUT2D eigenvalue weighted by Gasteiger charge is -2.58. The summed E-state index contributed by atoms with van der Waals surface area (Å²) in [6.07, 6.45) is 16.8. The van der Waals surface area contributed by atoms with Gasteiger partial charge < -0.3 is 5.11 Å². The van der Waals surface area contributed by atoms with Gasteiger partial charge in [0.05, 0.1) is 6.10 Å². The van der Waals surface area contributed by atoms with Crippen LogP contribution < -0.4 is 0 Å². The molecule has 3 unspecified atom stereocenters. The molecule has 3 saturated carbocycles. The number of hydrogen-bond donors (Lipinski definition) is 1. The van der Waals surface area contributed by atoms with E-state index in [4.69, 9.17) is 0 Å². The maximum Gasteiger partial charge on any atom is 0.0602 e. The van der Waals surface area contributed by atoms with Gasteiger partial charge in [-0.05, 0) is 112 Å². The Bertz CT molecular complexity index is 676. The summed E-state index contributed by atoms with van der Waals surface area (Å²) in [6.45, 7) is 16.4. The van der Waals surface area contributed by atoms with E-state index in [2.05, 4.69) is 47.3 Å². The molecule has 0 aromatic heterocycles. The zero-order valence-electron chi connectivity index (χ0n) is 20.6. The van der Waals surface area contributed by atoms with Crippen LogP contribution in [0.5, 0.6) is 0 Å². The van der Waals surface area contributed by atoms with Crippen LogP contribution in [-0.2, 0) is 0 Å². The van der Waals surface area contributed by atoms with Crippen molar-refractivity contribution in [2.24, 2.45) is 46.3 Å². The molecule has 1 heteroatoms. The molecule has 0 amide bonds. The third kappa shape index (κ3) is 3.46. The van der Waals surface area contributed by atoms with Crippen molar-refractivity contribution in [1.29, 1.82) is 0 Å². The number of fused-ring (bicyclic) bond motifs is 5. The van der Waals surface area contributed by atoms with Crippen LogP contribution in [0.15, 0.2) is 23.8 Å². The summed E-state index contributed by atoms with van der Waals surface area (Å²) in [6, 6.07) is 0. The van der Waals surface area contributed by atoms with Gasteiger partial charge in [0.2, 0.25) is 0 Å². The van der Waals surface area contributed by atoms with Crippen LogP contribution in [0.3, 0.4) is 0 Å². The number of aliphatic hydroxyl groups is 1. The van der Waals surface area contributed by atoms with Crippen molar-refractivity contribution >= 4 is 0 Å². The number of allylic oxidation sites excluding steroid dienone is 3. The van der Waals surface area contributed by atoms with Gasteiger partial charge in [0.15, 0.2) is 0 Å². The van der Waals surface area contributed by atoms with Crippen LogP contribution in [0.2, 0.25) is 0 Å². The molecule has 30 heavy (non-hydrogen) atoms. The predicted molar refractivity (Wildman–Crippen MR) is 128 cm³/mol. The third-order valence-electron chi connectivity index (χ3n) is 11.0. The molecule has 0 bridgehead atoms. The van der Waals surface area contributed by atoms with Crippen LogP contribution in [-0.4, -0.2) is 11.2 Å². The topological polar surface area (TPSA) is 20.2 Å². The van der Waals surface area contributed by atoms with Crippen LogP contribution in [0, 0.1) is 46.3 Å².